The molecule has 0 aliphatic heterocycles. The molecule has 0 radical (unpaired) electrons. The highest BCUT2D eigenvalue weighted by Crippen LogP contribution is 2.21. The molecule has 0 fully saturated rings. The molecule has 0 aliphatic rings. The van der Waals surface area contributed by atoms with Crippen LogP contribution < -0.4 is 10.4 Å². The van der Waals surface area contributed by atoms with Gasteiger partial charge in [-0.25, -0.2) is 4.79 Å². The normalized spacial score (nSPS) is 10.9. The number of carbonyl (C=O) groups excluding carboxylic acids is 2. The molecule has 0 amide bonds. The van der Waals surface area contributed by atoms with Gasteiger partial charge >= 0.3 is 11.7 Å². The first kappa shape index (κ1) is 21.4. The summed E-state index contributed by atoms with van der Waals surface area (Å²) in [6, 6.07) is 12.6. The average molecular weight is 410 g/mol. The summed E-state index contributed by atoms with van der Waals surface area (Å²) < 4.78 is 14.0. The van der Waals surface area contributed by atoms with Gasteiger partial charge in [-0.3, -0.25) is 18.7 Å². The van der Waals surface area contributed by atoms with E-state index < -0.39 is 5.97 Å². The Morgan fingerprint density at radius 3 is 2.27 bits per heavy atom. The summed E-state index contributed by atoms with van der Waals surface area (Å²) in [4.78, 5) is 36.7. The third kappa shape index (κ3) is 4.45. The van der Waals surface area contributed by atoms with Gasteiger partial charge in [0.25, 0.3) is 0 Å². The molecule has 0 bridgehead atoms. The number of carbonyl (C=O) groups is 2. The van der Waals surface area contributed by atoms with Crippen molar-refractivity contribution >= 4 is 22.8 Å². The van der Waals surface area contributed by atoms with Crippen LogP contribution in [0.3, 0.4) is 0 Å². The third-order valence-electron chi connectivity index (χ3n) is 4.99. The van der Waals surface area contributed by atoms with Gasteiger partial charge in [0.1, 0.15) is 12.4 Å². The summed E-state index contributed by atoms with van der Waals surface area (Å²) >= 11 is 0. The van der Waals surface area contributed by atoms with E-state index in [9.17, 15) is 14.4 Å². The smallest absolute Gasteiger partial charge is 0.329 e. The number of methoxy groups -OCH3 is 1. The molecule has 7 heteroatoms. The fraction of sp³-hybridized carbons (Fsp3) is 0.348. The van der Waals surface area contributed by atoms with Crippen molar-refractivity contribution in [3.8, 4) is 5.75 Å². The standard InChI is InChI=1S/C23H26N2O5/c1-4-12-24-19-7-5-6-8-20(19)25(23(24)28)13-11-22(27)30-15-18-14-17(16(2)26)9-10-21(18)29-3/h5-10,14H,4,11-13,15H2,1-3H3. The van der Waals surface area contributed by atoms with Crippen LogP contribution >= 0.6 is 0 Å². The SMILES string of the molecule is CCCn1c(=O)n(CCC(=O)OCc2cc(C(C)=O)ccc2OC)c2ccccc21. The predicted molar refractivity (Wildman–Crippen MR) is 114 cm³/mol. The van der Waals surface area contributed by atoms with Gasteiger partial charge in [0.15, 0.2) is 5.78 Å². The van der Waals surface area contributed by atoms with E-state index in [1.165, 1.54) is 14.0 Å². The summed E-state index contributed by atoms with van der Waals surface area (Å²) in [6.45, 7) is 4.35. The maximum absolute atomic E-state index is 12.8. The van der Waals surface area contributed by atoms with Gasteiger partial charge in [0, 0.05) is 24.2 Å². The van der Waals surface area contributed by atoms with Crippen LogP contribution in [0.4, 0.5) is 0 Å². The van der Waals surface area contributed by atoms with Gasteiger partial charge in [-0.15, -0.1) is 0 Å². The molecule has 0 N–H and O–H groups in total. The molecule has 3 aromatic rings. The zero-order valence-corrected chi connectivity index (χ0v) is 17.5. The number of fused-ring (bicyclic) bond motifs is 1. The molecule has 0 unspecified atom stereocenters. The van der Waals surface area contributed by atoms with E-state index in [-0.39, 0.29) is 31.0 Å². The maximum atomic E-state index is 12.8. The van der Waals surface area contributed by atoms with E-state index in [1.54, 1.807) is 27.3 Å². The van der Waals surface area contributed by atoms with Crippen molar-refractivity contribution in [1.29, 1.82) is 0 Å². The number of para-hydroxylation sites is 2. The van der Waals surface area contributed by atoms with Crippen molar-refractivity contribution in [3.05, 3.63) is 64.1 Å². The zero-order valence-electron chi connectivity index (χ0n) is 17.5. The molecule has 0 atom stereocenters. The first-order valence-corrected chi connectivity index (χ1v) is 9.97. The predicted octanol–water partition coefficient (Wildman–Crippen LogP) is 3.56. The Bertz CT molecular complexity index is 1130. The number of ketones is 1. The fourth-order valence-corrected chi connectivity index (χ4v) is 3.47. The Balaban J connectivity index is 1.70. The van der Waals surface area contributed by atoms with Crippen LogP contribution in [-0.4, -0.2) is 28.0 Å². The molecule has 0 aliphatic carbocycles. The van der Waals surface area contributed by atoms with Crippen LogP contribution in [0.5, 0.6) is 5.75 Å². The summed E-state index contributed by atoms with van der Waals surface area (Å²) in [5.41, 5.74) is 2.69. The lowest BCUT2D eigenvalue weighted by molar-refractivity contribution is -0.145. The first-order valence-electron chi connectivity index (χ1n) is 9.97. The second-order valence-corrected chi connectivity index (χ2v) is 7.07. The number of aryl methyl sites for hydroxylation is 2. The highest BCUT2D eigenvalue weighted by Gasteiger charge is 2.15. The van der Waals surface area contributed by atoms with E-state index in [0.29, 0.717) is 23.4 Å². The number of hydrogen-bond acceptors (Lipinski definition) is 5. The lowest BCUT2D eigenvalue weighted by Crippen LogP contribution is -2.25. The lowest BCUT2D eigenvalue weighted by Gasteiger charge is -2.11. The van der Waals surface area contributed by atoms with E-state index >= 15 is 0 Å². The molecule has 0 spiro atoms. The van der Waals surface area contributed by atoms with Crippen LogP contribution in [0, 0.1) is 0 Å². The van der Waals surface area contributed by atoms with Crippen molar-refractivity contribution in [2.75, 3.05) is 7.11 Å². The number of aromatic nitrogens is 2. The summed E-state index contributed by atoms with van der Waals surface area (Å²) in [5.74, 6) is 0.0456. The molecule has 30 heavy (non-hydrogen) atoms. The van der Waals surface area contributed by atoms with E-state index in [2.05, 4.69) is 0 Å². The number of rotatable bonds is 9. The lowest BCUT2D eigenvalue weighted by atomic mass is 10.1. The van der Waals surface area contributed by atoms with Gasteiger partial charge in [-0.1, -0.05) is 19.1 Å². The zero-order chi connectivity index (χ0) is 21.7. The number of Topliss-reactive ketones (excluding diaryl/α,β-unsaturated/α-hetero) is 1. The number of imidazole rings is 1. The highest BCUT2D eigenvalue weighted by atomic mass is 16.5. The Kier molecular flexibility index (Phi) is 6.72. The fourth-order valence-electron chi connectivity index (χ4n) is 3.47. The second kappa shape index (κ2) is 9.43. The Morgan fingerprint density at radius 2 is 1.67 bits per heavy atom. The minimum atomic E-state index is -0.426. The number of esters is 1. The molecule has 158 valence electrons. The number of benzene rings is 2. The Morgan fingerprint density at radius 1 is 1.00 bits per heavy atom. The van der Waals surface area contributed by atoms with Crippen LogP contribution in [0.2, 0.25) is 0 Å². The Labute approximate surface area is 174 Å². The molecular formula is C23H26N2O5. The quantitative estimate of drug-likeness (QED) is 0.398. The maximum Gasteiger partial charge on any atom is 0.329 e. The molecule has 1 heterocycles. The Hall–Kier alpha value is -3.35. The van der Waals surface area contributed by atoms with Gasteiger partial charge < -0.3 is 9.47 Å². The van der Waals surface area contributed by atoms with Crippen LogP contribution in [0.25, 0.3) is 11.0 Å². The molecule has 0 saturated heterocycles. The number of ether oxygens (including phenoxy) is 2. The molecule has 0 saturated carbocycles. The van der Waals surface area contributed by atoms with Crippen molar-refractivity contribution < 1.29 is 19.1 Å². The number of nitrogens with zero attached hydrogens (tertiary/aromatic N) is 2. The average Bonchev–Trinajstić information content (AvgIpc) is 3.01. The topological polar surface area (TPSA) is 79.5 Å². The molecule has 2 aromatic carbocycles. The van der Waals surface area contributed by atoms with E-state index in [0.717, 1.165) is 17.5 Å². The minimum absolute atomic E-state index is 0.00435. The second-order valence-electron chi connectivity index (χ2n) is 7.07. The van der Waals surface area contributed by atoms with Gasteiger partial charge in [-0.2, -0.15) is 0 Å². The third-order valence-corrected chi connectivity index (χ3v) is 4.99. The van der Waals surface area contributed by atoms with Crippen molar-refractivity contribution in [2.24, 2.45) is 0 Å². The van der Waals surface area contributed by atoms with E-state index in [1.807, 2.05) is 31.2 Å². The van der Waals surface area contributed by atoms with Crippen LogP contribution in [-0.2, 0) is 29.2 Å². The molecule has 7 nitrogen and oxygen atoms in total. The summed E-state index contributed by atoms with van der Waals surface area (Å²) in [6.07, 6.45) is 0.909. The van der Waals surface area contributed by atoms with Gasteiger partial charge in [-0.05, 0) is 43.7 Å². The summed E-state index contributed by atoms with van der Waals surface area (Å²) in [7, 11) is 1.52. The van der Waals surface area contributed by atoms with Crippen LogP contribution in [0.1, 0.15) is 42.6 Å². The largest absolute Gasteiger partial charge is 0.496 e. The van der Waals surface area contributed by atoms with Gasteiger partial charge in [0.05, 0.1) is 24.6 Å². The molecule has 3 rings (SSSR count). The summed E-state index contributed by atoms with van der Waals surface area (Å²) in [5, 5.41) is 0. The minimum Gasteiger partial charge on any atom is -0.496 e. The van der Waals surface area contributed by atoms with Crippen molar-refractivity contribution in [3.63, 3.8) is 0 Å². The monoisotopic (exact) mass is 410 g/mol. The van der Waals surface area contributed by atoms with E-state index in [4.69, 9.17) is 9.47 Å². The van der Waals surface area contributed by atoms with Crippen molar-refractivity contribution in [1.82, 2.24) is 9.13 Å². The molecular weight excluding hydrogens is 384 g/mol. The van der Waals surface area contributed by atoms with Gasteiger partial charge in [0.2, 0.25) is 0 Å². The first-order chi connectivity index (χ1) is 14.5. The van der Waals surface area contributed by atoms with Crippen molar-refractivity contribution in [2.45, 2.75) is 46.4 Å². The number of hydrogen-bond donors (Lipinski definition) is 0. The molecule has 1 aromatic heterocycles. The highest BCUT2D eigenvalue weighted by molar-refractivity contribution is 5.94. The van der Waals surface area contributed by atoms with Crippen LogP contribution in [0.15, 0.2) is 47.3 Å².